The highest BCUT2D eigenvalue weighted by Gasteiger charge is 2.18. The lowest BCUT2D eigenvalue weighted by Gasteiger charge is -2.27. The van der Waals surface area contributed by atoms with E-state index in [1.807, 2.05) is 30.3 Å². The number of amides is 1. The number of hydrogen-bond acceptors (Lipinski definition) is 8. The number of rotatable bonds is 6. The summed E-state index contributed by atoms with van der Waals surface area (Å²) in [6.07, 6.45) is 1.69. The molecule has 9 nitrogen and oxygen atoms in total. The number of morpholine rings is 1. The van der Waals surface area contributed by atoms with Crippen LogP contribution in [-0.4, -0.2) is 54.4 Å². The van der Waals surface area contributed by atoms with Crippen molar-refractivity contribution in [2.75, 3.05) is 38.3 Å². The van der Waals surface area contributed by atoms with Gasteiger partial charge in [0, 0.05) is 37.0 Å². The zero-order valence-electron chi connectivity index (χ0n) is 16.0. The van der Waals surface area contributed by atoms with E-state index in [-0.39, 0.29) is 12.4 Å². The minimum absolute atomic E-state index is 0.0976. The van der Waals surface area contributed by atoms with Crippen molar-refractivity contribution in [3.8, 4) is 17.1 Å². The molecule has 0 spiro atoms. The van der Waals surface area contributed by atoms with Crippen molar-refractivity contribution in [3.63, 3.8) is 0 Å². The van der Waals surface area contributed by atoms with Crippen LogP contribution in [0.4, 0.5) is 5.82 Å². The second-order valence-electron chi connectivity index (χ2n) is 6.42. The Morgan fingerprint density at radius 2 is 2.07 bits per heavy atom. The average Bonchev–Trinajstić information content (AvgIpc) is 3.29. The van der Waals surface area contributed by atoms with Gasteiger partial charge in [0.25, 0.3) is 0 Å². The van der Waals surface area contributed by atoms with Gasteiger partial charge in [-0.25, -0.2) is 4.98 Å². The molecule has 1 amide bonds. The van der Waals surface area contributed by atoms with Crippen LogP contribution in [-0.2, 0) is 11.3 Å². The second kappa shape index (κ2) is 8.70. The smallest absolute Gasteiger partial charge is 0.316 e. The van der Waals surface area contributed by atoms with Crippen LogP contribution in [0.1, 0.15) is 16.2 Å². The first-order valence-corrected chi connectivity index (χ1v) is 9.27. The van der Waals surface area contributed by atoms with Crippen molar-refractivity contribution in [2.45, 2.75) is 6.54 Å². The van der Waals surface area contributed by atoms with Gasteiger partial charge >= 0.3 is 11.8 Å². The molecule has 0 bridgehead atoms. The summed E-state index contributed by atoms with van der Waals surface area (Å²) in [5.74, 6) is 1.31. The number of para-hydroxylation sites is 1. The van der Waals surface area contributed by atoms with Gasteiger partial charge in [0.15, 0.2) is 0 Å². The third kappa shape index (κ3) is 4.35. The van der Waals surface area contributed by atoms with Gasteiger partial charge in [-0.1, -0.05) is 23.4 Å². The number of methoxy groups -OCH3 is 1. The number of nitrogens with one attached hydrogen (secondary N) is 1. The third-order valence-electron chi connectivity index (χ3n) is 4.59. The number of carbonyl (C=O) groups excluding carboxylic acids is 1. The van der Waals surface area contributed by atoms with Crippen LogP contribution in [0.3, 0.4) is 0 Å². The number of carbonyl (C=O) groups is 1. The van der Waals surface area contributed by atoms with Crippen LogP contribution in [0.25, 0.3) is 11.4 Å². The van der Waals surface area contributed by atoms with E-state index in [1.54, 1.807) is 19.4 Å². The van der Waals surface area contributed by atoms with Crippen LogP contribution >= 0.6 is 0 Å². The van der Waals surface area contributed by atoms with Gasteiger partial charge in [0.1, 0.15) is 11.6 Å². The van der Waals surface area contributed by atoms with E-state index in [2.05, 4.69) is 25.3 Å². The lowest BCUT2D eigenvalue weighted by atomic mass is 10.2. The zero-order chi connectivity index (χ0) is 20.1. The molecule has 1 saturated heterocycles. The summed E-state index contributed by atoms with van der Waals surface area (Å²) in [7, 11) is 1.59. The van der Waals surface area contributed by atoms with E-state index in [1.165, 1.54) is 0 Å². The van der Waals surface area contributed by atoms with Crippen LogP contribution in [0.2, 0.25) is 0 Å². The number of aromatic nitrogens is 3. The molecule has 0 unspecified atom stereocenters. The first-order valence-electron chi connectivity index (χ1n) is 9.27. The lowest BCUT2D eigenvalue weighted by Crippen LogP contribution is -2.36. The fourth-order valence-electron chi connectivity index (χ4n) is 3.06. The molecule has 1 N–H and O–H groups in total. The topological polar surface area (TPSA) is 103 Å². The number of nitrogens with zero attached hydrogens (tertiary/aromatic N) is 4. The number of hydrogen-bond donors (Lipinski definition) is 1. The third-order valence-corrected chi connectivity index (χ3v) is 4.59. The highest BCUT2D eigenvalue weighted by atomic mass is 16.5. The second-order valence-corrected chi connectivity index (χ2v) is 6.42. The lowest BCUT2D eigenvalue weighted by molar-refractivity contribution is 0.0906. The maximum atomic E-state index is 12.4. The van der Waals surface area contributed by atoms with Crippen molar-refractivity contribution in [1.82, 2.24) is 20.4 Å². The Balaban J connectivity index is 1.44. The molecule has 1 aliphatic heterocycles. The van der Waals surface area contributed by atoms with Gasteiger partial charge in [-0.05, 0) is 18.2 Å². The fraction of sp³-hybridized carbons (Fsp3) is 0.300. The summed E-state index contributed by atoms with van der Waals surface area (Å²) in [5, 5.41) is 6.71. The highest BCUT2D eigenvalue weighted by molar-refractivity contribution is 5.89. The number of pyridine rings is 1. The molecule has 1 aliphatic rings. The van der Waals surface area contributed by atoms with E-state index >= 15 is 0 Å². The van der Waals surface area contributed by atoms with Crippen LogP contribution in [0.15, 0.2) is 47.1 Å². The number of ether oxygens (including phenoxy) is 2. The SMILES string of the molecule is COc1ccccc1CNC(=O)c1nc(-c2ccnc(N3CCOCC3)c2)no1. The molecule has 0 radical (unpaired) electrons. The van der Waals surface area contributed by atoms with Gasteiger partial charge in [-0.15, -0.1) is 0 Å². The minimum Gasteiger partial charge on any atom is -0.496 e. The van der Waals surface area contributed by atoms with E-state index in [4.69, 9.17) is 14.0 Å². The quantitative estimate of drug-likeness (QED) is 0.675. The first kappa shape index (κ1) is 18.9. The molecule has 2 aromatic heterocycles. The fourth-order valence-corrected chi connectivity index (χ4v) is 3.06. The molecule has 0 saturated carbocycles. The summed E-state index contributed by atoms with van der Waals surface area (Å²) < 4.78 is 15.8. The van der Waals surface area contributed by atoms with Gasteiger partial charge in [-0.3, -0.25) is 4.79 Å². The van der Waals surface area contributed by atoms with E-state index < -0.39 is 5.91 Å². The summed E-state index contributed by atoms with van der Waals surface area (Å²) in [4.78, 5) is 23.2. The Morgan fingerprint density at radius 1 is 1.24 bits per heavy atom. The predicted molar refractivity (Wildman–Crippen MR) is 105 cm³/mol. The molecule has 29 heavy (non-hydrogen) atoms. The summed E-state index contributed by atoms with van der Waals surface area (Å²) in [6.45, 7) is 3.19. The standard InChI is InChI=1S/C20H21N5O4/c1-27-16-5-3-2-4-15(16)13-22-19(26)20-23-18(24-29-20)14-6-7-21-17(12-14)25-8-10-28-11-9-25/h2-7,12H,8-11,13H2,1H3,(H,22,26). The molecular formula is C20H21N5O4. The Morgan fingerprint density at radius 3 is 2.90 bits per heavy atom. The number of anilines is 1. The Kier molecular flexibility index (Phi) is 5.66. The summed E-state index contributed by atoms with van der Waals surface area (Å²) in [6, 6.07) is 11.1. The van der Waals surface area contributed by atoms with Crippen LogP contribution in [0, 0.1) is 0 Å². The minimum atomic E-state index is -0.447. The van der Waals surface area contributed by atoms with Crippen LogP contribution < -0.4 is 15.0 Å². The average molecular weight is 395 g/mol. The van der Waals surface area contributed by atoms with Gasteiger partial charge in [-0.2, -0.15) is 4.98 Å². The number of benzene rings is 1. The molecule has 150 valence electrons. The maximum absolute atomic E-state index is 12.4. The first-order chi connectivity index (χ1) is 14.2. The van der Waals surface area contributed by atoms with Crippen molar-refractivity contribution < 1.29 is 18.8 Å². The maximum Gasteiger partial charge on any atom is 0.316 e. The molecule has 0 atom stereocenters. The molecule has 3 heterocycles. The molecule has 1 aromatic carbocycles. The van der Waals surface area contributed by atoms with Crippen LogP contribution in [0.5, 0.6) is 5.75 Å². The summed E-state index contributed by atoms with van der Waals surface area (Å²) >= 11 is 0. The Labute approximate surface area is 167 Å². The van der Waals surface area contributed by atoms with Gasteiger partial charge in [0.2, 0.25) is 5.82 Å². The van der Waals surface area contributed by atoms with Gasteiger partial charge in [0.05, 0.1) is 20.3 Å². The molecular weight excluding hydrogens is 374 g/mol. The van der Waals surface area contributed by atoms with E-state index in [0.717, 1.165) is 30.0 Å². The van der Waals surface area contributed by atoms with Crippen molar-refractivity contribution in [3.05, 3.63) is 54.0 Å². The molecule has 9 heteroatoms. The molecule has 3 aromatic rings. The van der Waals surface area contributed by atoms with E-state index in [9.17, 15) is 4.79 Å². The molecule has 4 rings (SSSR count). The zero-order valence-corrected chi connectivity index (χ0v) is 16.0. The largest absolute Gasteiger partial charge is 0.496 e. The molecule has 1 fully saturated rings. The highest BCUT2D eigenvalue weighted by Crippen LogP contribution is 2.21. The van der Waals surface area contributed by atoms with Crippen molar-refractivity contribution >= 4 is 11.7 Å². The van der Waals surface area contributed by atoms with E-state index in [0.29, 0.717) is 24.8 Å². The Hall–Kier alpha value is -3.46. The van der Waals surface area contributed by atoms with Crippen molar-refractivity contribution in [1.29, 1.82) is 0 Å². The Bertz CT molecular complexity index is 984. The van der Waals surface area contributed by atoms with Gasteiger partial charge < -0.3 is 24.2 Å². The predicted octanol–water partition coefficient (Wildman–Crippen LogP) is 1.91. The van der Waals surface area contributed by atoms with Crippen molar-refractivity contribution in [2.24, 2.45) is 0 Å². The summed E-state index contributed by atoms with van der Waals surface area (Å²) in [5.41, 5.74) is 1.58. The normalized spacial score (nSPS) is 13.9. The molecule has 0 aliphatic carbocycles. The monoisotopic (exact) mass is 395 g/mol.